The predicted octanol–water partition coefficient (Wildman–Crippen LogP) is 2.37. The highest BCUT2D eigenvalue weighted by Crippen LogP contribution is 2.37. The molecular formula is C24H28N6O2. The molecule has 1 N–H and O–H groups in total. The average Bonchev–Trinajstić information content (AvgIpc) is 3.43. The average molecular weight is 433 g/mol. The number of benzene rings is 1. The molecule has 2 aromatic heterocycles. The van der Waals surface area contributed by atoms with Crippen molar-refractivity contribution in [2.75, 3.05) is 24.7 Å². The number of aromatic nitrogens is 4. The maximum Gasteiger partial charge on any atom is 0.231 e. The summed E-state index contributed by atoms with van der Waals surface area (Å²) in [4.78, 5) is 15.0. The van der Waals surface area contributed by atoms with Crippen LogP contribution in [-0.4, -0.2) is 45.2 Å². The van der Waals surface area contributed by atoms with E-state index >= 15 is 0 Å². The van der Waals surface area contributed by atoms with Gasteiger partial charge in [-0.3, -0.25) is 14.2 Å². The van der Waals surface area contributed by atoms with Gasteiger partial charge in [-0.1, -0.05) is 18.2 Å². The molecule has 6 rings (SSSR count). The van der Waals surface area contributed by atoms with Gasteiger partial charge in [0.15, 0.2) is 0 Å². The third-order valence-electron chi connectivity index (χ3n) is 6.98. The van der Waals surface area contributed by atoms with Gasteiger partial charge in [0.1, 0.15) is 0 Å². The van der Waals surface area contributed by atoms with E-state index in [1.54, 1.807) is 10.9 Å². The van der Waals surface area contributed by atoms with Crippen LogP contribution in [-0.2, 0) is 42.5 Å². The fraction of sp³-hybridized carbons (Fsp3) is 0.458. The number of amides is 1. The monoisotopic (exact) mass is 432 g/mol. The van der Waals surface area contributed by atoms with Crippen molar-refractivity contribution in [2.24, 2.45) is 7.05 Å². The third kappa shape index (κ3) is 3.25. The van der Waals surface area contributed by atoms with Gasteiger partial charge in [-0.15, -0.1) is 0 Å². The summed E-state index contributed by atoms with van der Waals surface area (Å²) in [6, 6.07) is 6.76. The molecule has 32 heavy (non-hydrogen) atoms. The van der Waals surface area contributed by atoms with Crippen LogP contribution in [0.2, 0.25) is 0 Å². The van der Waals surface area contributed by atoms with Crippen molar-refractivity contribution in [3.8, 4) is 11.3 Å². The summed E-state index contributed by atoms with van der Waals surface area (Å²) in [5, 5.41) is 12.9. The Morgan fingerprint density at radius 1 is 1.19 bits per heavy atom. The Hall–Kier alpha value is -2.97. The molecule has 8 nitrogen and oxygen atoms in total. The highest BCUT2D eigenvalue weighted by Gasteiger charge is 2.31. The number of hydrogen-bond acceptors (Lipinski definition) is 5. The molecule has 166 valence electrons. The maximum absolute atomic E-state index is 13.1. The standard InChI is InChI=1S/C24H28N6O2/c1-28-15-18(12-26-28)29-14-16-3-2-4-19(20(16)11-23(29)31)24-21-13-25-8-5-22(21)30(27-24)17-6-9-32-10-7-17/h2-4,12,15,17,25H,5-11,13-14H2,1H3. The lowest BCUT2D eigenvalue weighted by molar-refractivity contribution is -0.118. The van der Waals surface area contributed by atoms with E-state index in [0.29, 0.717) is 19.0 Å². The van der Waals surface area contributed by atoms with E-state index in [1.807, 2.05) is 18.1 Å². The number of aryl methyl sites for hydroxylation is 1. The largest absolute Gasteiger partial charge is 0.381 e. The molecule has 0 bridgehead atoms. The van der Waals surface area contributed by atoms with Crippen LogP contribution in [0, 0.1) is 0 Å². The molecular weight excluding hydrogens is 404 g/mol. The highest BCUT2D eigenvalue weighted by molar-refractivity contribution is 5.97. The Balaban J connectivity index is 1.41. The van der Waals surface area contributed by atoms with E-state index in [9.17, 15) is 4.79 Å². The molecule has 0 unspecified atom stereocenters. The van der Waals surface area contributed by atoms with Crippen LogP contribution in [0.5, 0.6) is 0 Å². The van der Waals surface area contributed by atoms with Crippen LogP contribution in [0.4, 0.5) is 5.69 Å². The van der Waals surface area contributed by atoms with Crippen molar-refractivity contribution in [1.29, 1.82) is 0 Å². The molecule has 0 aliphatic carbocycles. The van der Waals surface area contributed by atoms with Gasteiger partial charge in [0.25, 0.3) is 0 Å². The summed E-state index contributed by atoms with van der Waals surface area (Å²) >= 11 is 0. The van der Waals surface area contributed by atoms with Crippen LogP contribution in [0.25, 0.3) is 11.3 Å². The topological polar surface area (TPSA) is 77.2 Å². The fourth-order valence-corrected chi connectivity index (χ4v) is 5.32. The van der Waals surface area contributed by atoms with Crippen LogP contribution in [0.3, 0.4) is 0 Å². The Bertz CT molecular complexity index is 1170. The lowest BCUT2D eigenvalue weighted by Crippen LogP contribution is -2.36. The van der Waals surface area contributed by atoms with Gasteiger partial charge in [-0.25, -0.2) is 0 Å². The van der Waals surface area contributed by atoms with Gasteiger partial charge >= 0.3 is 0 Å². The van der Waals surface area contributed by atoms with Gasteiger partial charge in [-0.05, 0) is 24.0 Å². The first kappa shape index (κ1) is 19.7. The van der Waals surface area contributed by atoms with E-state index in [1.165, 1.54) is 16.8 Å². The highest BCUT2D eigenvalue weighted by atomic mass is 16.5. The maximum atomic E-state index is 13.1. The number of hydrogen-bond donors (Lipinski definition) is 1. The minimum atomic E-state index is 0.105. The molecule has 8 heteroatoms. The number of fused-ring (bicyclic) bond motifs is 2. The molecule has 1 saturated heterocycles. The van der Waals surface area contributed by atoms with Gasteiger partial charge in [-0.2, -0.15) is 10.2 Å². The first-order valence-electron chi connectivity index (χ1n) is 11.5. The summed E-state index contributed by atoms with van der Waals surface area (Å²) in [6.45, 7) is 3.97. The Labute approximate surface area is 187 Å². The molecule has 1 fully saturated rings. The first-order valence-corrected chi connectivity index (χ1v) is 11.5. The second-order valence-electron chi connectivity index (χ2n) is 8.96. The first-order chi connectivity index (χ1) is 15.7. The van der Waals surface area contributed by atoms with Crippen molar-refractivity contribution in [2.45, 2.75) is 44.8 Å². The Morgan fingerprint density at radius 3 is 2.88 bits per heavy atom. The molecule has 3 aromatic rings. The minimum absolute atomic E-state index is 0.105. The molecule has 0 radical (unpaired) electrons. The summed E-state index contributed by atoms with van der Waals surface area (Å²) in [7, 11) is 1.87. The SMILES string of the molecule is Cn1cc(N2Cc3cccc(-c4nn(C5CCOCC5)c5c4CNCC5)c3CC2=O)cn1. The van der Waals surface area contributed by atoms with E-state index in [-0.39, 0.29) is 5.91 Å². The van der Waals surface area contributed by atoms with Crippen LogP contribution in [0.15, 0.2) is 30.6 Å². The summed E-state index contributed by atoms with van der Waals surface area (Å²) < 4.78 is 9.60. The smallest absolute Gasteiger partial charge is 0.231 e. The zero-order valence-corrected chi connectivity index (χ0v) is 18.4. The van der Waals surface area contributed by atoms with Crippen molar-refractivity contribution >= 4 is 11.6 Å². The number of rotatable bonds is 3. The molecule has 3 aliphatic heterocycles. The Morgan fingerprint density at radius 2 is 2.06 bits per heavy atom. The second kappa shape index (κ2) is 7.86. The van der Waals surface area contributed by atoms with E-state index in [0.717, 1.165) is 68.1 Å². The van der Waals surface area contributed by atoms with Crippen molar-refractivity contribution in [3.63, 3.8) is 0 Å². The van der Waals surface area contributed by atoms with Crippen LogP contribution < -0.4 is 10.2 Å². The molecule has 5 heterocycles. The normalized spacial score (nSPS) is 19.2. The quantitative estimate of drug-likeness (QED) is 0.688. The predicted molar refractivity (Wildman–Crippen MR) is 120 cm³/mol. The number of anilines is 1. The van der Waals surface area contributed by atoms with E-state index in [2.05, 4.69) is 33.3 Å². The number of ether oxygens (including phenoxy) is 1. The second-order valence-corrected chi connectivity index (χ2v) is 8.96. The summed E-state index contributed by atoms with van der Waals surface area (Å²) in [5.41, 5.74) is 7.93. The van der Waals surface area contributed by atoms with Crippen LogP contribution in [0.1, 0.15) is 41.3 Å². The molecule has 1 amide bonds. The zero-order chi connectivity index (χ0) is 21.7. The zero-order valence-electron chi connectivity index (χ0n) is 18.4. The molecule has 0 atom stereocenters. The van der Waals surface area contributed by atoms with E-state index < -0.39 is 0 Å². The van der Waals surface area contributed by atoms with Crippen molar-refractivity contribution < 1.29 is 9.53 Å². The summed E-state index contributed by atoms with van der Waals surface area (Å²) in [6.07, 6.45) is 7.03. The molecule has 1 aromatic carbocycles. The lowest BCUT2D eigenvalue weighted by Gasteiger charge is -2.29. The lowest BCUT2D eigenvalue weighted by atomic mass is 9.90. The summed E-state index contributed by atoms with van der Waals surface area (Å²) in [5.74, 6) is 0.105. The van der Waals surface area contributed by atoms with Crippen LogP contribution >= 0.6 is 0 Å². The number of carbonyl (C=O) groups is 1. The van der Waals surface area contributed by atoms with Gasteiger partial charge < -0.3 is 15.0 Å². The number of carbonyl (C=O) groups excluding carboxylic acids is 1. The number of nitrogens with one attached hydrogen (secondary N) is 1. The Kier molecular flexibility index (Phi) is 4.84. The fourth-order valence-electron chi connectivity index (χ4n) is 5.32. The van der Waals surface area contributed by atoms with E-state index in [4.69, 9.17) is 9.84 Å². The molecule has 3 aliphatic rings. The minimum Gasteiger partial charge on any atom is -0.381 e. The van der Waals surface area contributed by atoms with Gasteiger partial charge in [0.2, 0.25) is 5.91 Å². The van der Waals surface area contributed by atoms with Gasteiger partial charge in [0, 0.05) is 62.8 Å². The molecule has 0 saturated carbocycles. The van der Waals surface area contributed by atoms with Gasteiger partial charge in [0.05, 0.1) is 36.6 Å². The third-order valence-corrected chi connectivity index (χ3v) is 6.98. The van der Waals surface area contributed by atoms with Crippen molar-refractivity contribution in [3.05, 3.63) is 53.0 Å². The van der Waals surface area contributed by atoms with Crippen molar-refractivity contribution in [1.82, 2.24) is 24.9 Å². The number of nitrogens with zero attached hydrogens (tertiary/aromatic N) is 5. The molecule has 0 spiro atoms.